The summed E-state index contributed by atoms with van der Waals surface area (Å²) in [5, 5.41) is 7.73. The van der Waals surface area contributed by atoms with Crippen LogP contribution in [0.4, 0.5) is 11.5 Å². The average molecular weight is 521 g/mol. The van der Waals surface area contributed by atoms with E-state index in [-0.39, 0.29) is 23.8 Å². The van der Waals surface area contributed by atoms with Crippen molar-refractivity contribution in [3.63, 3.8) is 0 Å². The van der Waals surface area contributed by atoms with Gasteiger partial charge in [0.05, 0.1) is 18.5 Å². The number of aromatic nitrogens is 1. The SMILES string of the molecule is Cc1cc2c(N)nccc2c(C)c1CNC(=O)/C(C=NCc1ccc(CC(=O)Nc2ccccc2)cc1)=C/N. The zero-order chi connectivity index (χ0) is 27.8. The van der Waals surface area contributed by atoms with Crippen molar-refractivity contribution in [3.8, 4) is 0 Å². The summed E-state index contributed by atoms with van der Waals surface area (Å²) >= 11 is 0. The Balaban J connectivity index is 1.31. The molecule has 0 aliphatic rings. The highest BCUT2D eigenvalue weighted by molar-refractivity contribution is 6.12. The maximum absolute atomic E-state index is 12.8. The monoisotopic (exact) mass is 520 g/mol. The number of fused-ring (bicyclic) bond motifs is 1. The van der Waals surface area contributed by atoms with E-state index >= 15 is 0 Å². The number of nitrogen functional groups attached to an aromatic ring is 1. The Morgan fingerprint density at radius 3 is 2.41 bits per heavy atom. The Labute approximate surface area is 227 Å². The molecular weight excluding hydrogens is 488 g/mol. The number of nitrogens with two attached hydrogens (primary N) is 2. The molecule has 8 heteroatoms. The molecule has 0 aliphatic heterocycles. The topological polar surface area (TPSA) is 135 Å². The molecule has 198 valence electrons. The van der Waals surface area contributed by atoms with E-state index in [1.165, 1.54) is 12.4 Å². The summed E-state index contributed by atoms with van der Waals surface area (Å²) in [6.07, 6.45) is 4.69. The number of anilines is 2. The standard InChI is InChI=1S/C31H32N6O2/c1-20-14-27-26(12-13-35-30(27)33)21(2)28(20)19-36-31(39)24(16-32)18-34-17-23-10-8-22(9-11-23)15-29(38)37-25-6-4-3-5-7-25/h3-14,16,18H,15,17,19,32H2,1-2H3,(H2,33,35)(H,36,39)(H,37,38)/b24-16+,34-18?. The molecule has 0 saturated carbocycles. The largest absolute Gasteiger partial charge is 0.404 e. The number of aryl methyl sites for hydroxylation is 2. The number of nitrogens with zero attached hydrogens (tertiary/aromatic N) is 2. The van der Waals surface area contributed by atoms with Gasteiger partial charge in [-0.3, -0.25) is 14.6 Å². The number of carbonyl (C=O) groups excluding carboxylic acids is 2. The second kappa shape index (κ2) is 12.5. The molecule has 6 N–H and O–H groups in total. The number of benzene rings is 3. The number of amides is 2. The van der Waals surface area contributed by atoms with E-state index in [9.17, 15) is 9.59 Å². The van der Waals surface area contributed by atoms with Gasteiger partial charge < -0.3 is 22.1 Å². The minimum absolute atomic E-state index is 0.0778. The minimum Gasteiger partial charge on any atom is -0.404 e. The molecule has 39 heavy (non-hydrogen) atoms. The lowest BCUT2D eigenvalue weighted by Crippen LogP contribution is -2.26. The maximum atomic E-state index is 12.8. The minimum atomic E-state index is -0.311. The third kappa shape index (κ3) is 6.87. The molecule has 0 aliphatic carbocycles. The molecule has 2 amide bonds. The summed E-state index contributed by atoms with van der Waals surface area (Å²) in [6.45, 7) is 4.72. The van der Waals surface area contributed by atoms with Crippen molar-refractivity contribution in [2.75, 3.05) is 11.1 Å². The Bertz CT molecular complexity index is 1540. The fraction of sp³-hybridized carbons (Fsp3) is 0.161. The molecule has 0 radical (unpaired) electrons. The number of hydrogen-bond donors (Lipinski definition) is 4. The zero-order valence-electron chi connectivity index (χ0n) is 22.1. The lowest BCUT2D eigenvalue weighted by molar-refractivity contribution is -0.117. The van der Waals surface area contributed by atoms with Crippen LogP contribution >= 0.6 is 0 Å². The van der Waals surface area contributed by atoms with Crippen molar-refractivity contribution in [2.45, 2.75) is 33.4 Å². The summed E-state index contributed by atoms with van der Waals surface area (Å²) in [5.41, 5.74) is 17.7. The molecule has 3 aromatic carbocycles. The summed E-state index contributed by atoms with van der Waals surface area (Å²) in [6, 6.07) is 20.9. The summed E-state index contributed by atoms with van der Waals surface area (Å²) < 4.78 is 0. The van der Waals surface area contributed by atoms with E-state index in [4.69, 9.17) is 11.5 Å². The number of rotatable bonds is 9. The van der Waals surface area contributed by atoms with Crippen LogP contribution in [-0.4, -0.2) is 23.0 Å². The van der Waals surface area contributed by atoms with E-state index in [2.05, 4.69) is 20.6 Å². The number of carbonyl (C=O) groups is 2. The summed E-state index contributed by atoms with van der Waals surface area (Å²) in [5.74, 6) is 0.0992. The quantitative estimate of drug-likeness (QED) is 0.192. The Morgan fingerprint density at radius 1 is 0.974 bits per heavy atom. The first-order valence-corrected chi connectivity index (χ1v) is 12.6. The van der Waals surface area contributed by atoms with Crippen molar-refractivity contribution in [3.05, 3.63) is 113 Å². The number of aliphatic imine (C=N–C) groups is 1. The van der Waals surface area contributed by atoms with Crippen LogP contribution in [0.3, 0.4) is 0 Å². The van der Waals surface area contributed by atoms with Crippen molar-refractivity contribution < 1.29 is 9.59 Å². The highest BCUT2D eigenvalue weighted by atomic mass is 16.2. The number of para-hydroxylation sites is 1. The molecule has 0 saturated heterocycles. The van der Waals surface area contributed by atoms with Crippen LogP contribution in [0.15, 0.2) is 89.7 Å². The predicted molar refractivity (Wildman–Crippen MR) is 157 cm³/mol. The third-order valence-electron chi connectivity index (χ3n) is 6.53. The zero-order valence-corrected chi connectivity index (χ0v) is 22.1. The van der Waals surface area contributed by atoms with Crippen molar-refractivity contribution >= 4 is 40.3 Å². The van der Waals surface area contributed by atoms with Crippen LogP contribution in [-0.2, 0) is 29.1 Å². The second-order valence-electron chi connectivity index (χ2n) is 9.27. The predicted octanol–water partition coefficient (Wildman–Crippen LogP) is 4.34. The molecule has 0 spiro atoms. The first-order valence-electron chi connectivity index (χ1n) is 12.6. The maximum Gasteiger partial charge on any atom is 0.254 e. The van der Waals surface area contributed by atoms with E-state index in [0.29, 0.717) is 18.9 Å². The molecule has 1 heterocycles. The Hall–Kier alpha value is -4.98. The van der Waals surface area contributed by atoms with Crippen LogP contribution in [0.5, 0.6) is 0 Å². The van der Waals surface area contributed by atoms with Crippen LogP contribution in [0, 0.1) is 13.8 Å². The van der Waals surface area contributed by atoms with Gasteiger partial charge >= 0.3 is 0 Å². The molecule has 0 atom stereocenters. The summed E-state index contributed by atoms with van der Waals surface area (Å²) in [7, 11) is 0. The van der Waals surface area contributed by atoms with Crippen molar-refractivity contribution in [2.24, 2.45) is 10.7 Å². The number of hydrogen-bond acceptors (Lipinski definition) is 6. The normalized spacial score (nSPS) is 11.6. The molecule has 0 fully saturated rings. The van der Waals surface area contributed by atoms with Crippen LogP contribution in [0.25, 0.3) is 10.8 Å². The molecule has 0 bridgehead atoms. The lowest BCUT2D eigenvalue weighted by Gasteiger charge is -2.15. The Morgan fingerprint density at radius 2 is 1.69 bits per heavy atom. The molecule has 8 nitrogen and oxygen atoms in total. The highest BCUT2D eigenvalue weighted by Crippen LogP contribution is 2.27. The van der Waals surface area contributed by atoms with Gasteiger partial charge in [0.2, 0.25) is 5.91 Å². The van der Waals surface area contributed by atoms with Gasteiger partial charge in [-0.15, -0.1) is 0 Å². The third-order valence-corrected chi connectivity index (χ3v) is 6.53. The van der Waals surface area contributed by atoms with Crippen LogP contribution in [0.2, 0.25) is 0 Å². The molecular formula is C31H32N6O2. The van der Waals surface area contributed by atoms with Gasteiger partial charge in [0, 0.05) is 36.2 Å². The van der Waals surface area contributed by atoms with Crippen molar-refractivity contribution in [1.29, 1.82) is 0 Å². The fourth-order valence-corrected chi connectivity index (χ4v) is 4.37. The number of pyridine rings is 1. The van der Waals surface area contributed by atoms with E-state index < -0.39 is 0 Å². The fourth-order valence-electron chi connectivity index (χ4n) is 4.37. The first kappa shape index (κ1) is 27.1. The lowest BCUT2D eigenvalue weighted by atomic mass is 9.96. The van der Waals surface area contributed by atoms with E-state index in [0.717, 1.165) is 44.3 Å². The number of nitrogens with one attached hydrogen (secondary N) is 2. The van der Waals surface area contributed by atoms with Gasteiger partial charge in [-0.2, -0.15) is 0 Å². The first-order chi connectivity index (χ1) is 18.9. The molecule has 4 aromatic rings. The van der Waals surface area contributed by atoms with E-state index in [1.54, 1.807) is 6.20 Å². The smallest absolute Gasteiger partial charge is 0.254 e. The van der Waals surface area contributed by atoms with Gasteiger partial charge in [-0.1, -0.05) is 42.5 Å². The average Bonchev–Trinajstić information content (AvgIpc) is 2.93. The van der Waals surface area contributed by atoms with Gasteiger partial charge in [0.15, 0.2) is 0 Å². The van der Waals surface area contributed by atoms with E-state index in [1.807, 2.05) is 80.6 Å². The molecule has 0 unspecified atom stereocenters. The molecule has 4 rings (SSSR count). The summed E-state index contributed by atoms with van der Waals surface area (Å²) in [4.78, 5) is 33.6. The van der Waals surface area contributed by atoms with Crippen LogP contribution < -0.4 is 22.1 Å². The highest BCUT2D eigenvalue weighted by Gasteiger charge is 2.13. The van der Waals surface area contributed by atoms with Crippen molar-refractivity contribution in [1.82, 2.24) is 10.3 Å². The Kier molecular flexibility index (Phi) is 8.68. The van der Waals surface area contributed by atoms with Gasteiger partial charge in [-0.25, -0.2) is 4.98 Å². The van der Waals surface area contributed by atoms with Gasteiger partial charge in [0.1, 0.15) is 5.82 Å². The van der Waals surface area contributed by atoms with Gasteiger partial charge in [0.25, 0.3) is 5.91 Å². The van der Waals surface area contributed by atoms with Crippen LogP contribution in [0.1, 0.15) is 27.8 Å². The molecule has 1 aromatic heterocycles. The second-order valence-corrected chi connectivity index (χ2v) is 9.27. The van der Waals surface area contributed by atoms with Gasteiger partial charge in [-0.05, 0) is 71.3 Å².